The van der Waals surface area contributed by atoms with Crippen LogP contribution in [0.3, 0.4) is 0 Å². The van der Waals surface area contributed by atoms with Crippen LogP contribution >= 0.6 is 15.4 Å². The third kappa shape index (κ3) is 29.0. The quantitative estimate of drug-likeness (QED) is 0.0138. The number of fused-ring (bicyclic) bond motifs is 6. The average molecular weight is 1920 g/mol. The van der Waals surface area contributed by atoms with Gasteiger partial charge in [-0.05, 0) is 98.5 Å². The lowest BCUT2D eigenvalue weighted by molar-refractivity contribution is -0.292. The van der Waals surface area contributed by atoms with Crippen LogP contribution in [0.4, 0.5) is 15.3 Å². The van der Waals surface area contributed by atoms with E-state index in [0.29, 0.717) is 49.0 Å². The summed E-state index contributed by atoms with van der Waals surface area (Å²) in [5.74, 6) is -10.7. The summed E-state index contributed by atoms with van der Waals surface area (Å²) in [4.78, 5) is 200. The number of ether oxygens (including phenoxy) is 13. The van der Waals surface area contributed by atoms with Crippen LogP contribution in [0.1, 0.15) is 148 Å². The summed E-state index contributed by atoms with van der Waals surface area (Å²) >= 11 is 0. The molecular weight excluding hydrogens is 1790 g/mol. The topological polar surface area (TPSA) is 613 Å². The number of primary amides is 1. The molecule has 0 aliphatic carbocycles. The van der Waals surface area contributed by atoms with E-state index in [1.54, 1.807) is 33.1 Å². The van der Waals surface area contributed by atoms with Crippen molar-refractivity contribution < 1.29 is 162 Å². The molecule has 0 aromatic heterocycles. The highest BCUT2D eigenvalue weighted by molar-refractivity contribution is 7.51. The maximum absolute atomic E-state index is 14.6. The van der Waals surface area contributed by atoms with Gasteiger partial charge in [-0.1, -0.05) is 46.1 Å². The van der Waals surface area contributed by atoms with Gasteiger partial charge in [0.1, 0.15) is 73.1 Å². The van der Waals surface area contributed by atoms with E-state index in [-0.39, 0.29) is 157 Å². The molecule has 13 rings (SSSR count). The minimum atomic E-state index is -4.76. The van der Waals surface area contributed by atoms with E-state index in [1.165, 1.54) is 12.1 Å². The minimum Gasteiger partial charge on any atom is -0.464 e. The maximum atomic E-state index is 14.6. The lowest BCUT2D eigenvalue weighted by Gasteiger charge is -2.47. The first-order chi connectivity index (χ1) is 63.4. The number of methoxy groups -OCH3 is 1. The van der Waals surface area contributed by atoms with E-state index in [1.807, 2.05) is 0 Å². The maximum Gasteiger partial charge on any atom is 0.472 e. The number of nitrogens with zero attached hydrogens (tertiary/aromatic N) is 1. The van der Waals surface area contributed by atoms with Crippen LogP contribution in [0.2, 0.25) is 0 Å². The number of alkyl carbamates (subject to hydrolysis) is 1. The van der Waals surface area contributed by atoms with Gasteiger partial charge in [0.25, 0.3) is 11.8 Å². The number of rotatable bonds is 43. The van der Waals surface area contributed by atoms with Gasteiger partial charge in [-0.15, -0.1) is 0 Å². The van der Waals surface area contributed by atoms with E-state index in [9.17, 15) is 81.5 Å². The molecule has 15 N–H and O–H groups in total. The molecule has 25 atom stereocenters. The summed E-state index contributed by atoms with van der Waals surface area (Å²) in [6.07, 6.45) is -1.40. The number of cyclic esters (lactones) is 1. The van der Waals surface area contributed by atoms with Gasteiger partial charge in [0, 0.05) is 115 Å². The number of benzene rings is 1. The molecule has 738 valence electrons. The number of hydrogen-bond donors (Lipinski definition) is 14. The second-order valence-corrected chi connectivity index (χ2v) is 38.9. The number of nitrogens with one attached hydrogen (secondary N) is 9. The van der Waals surface area contributed by atoms with Crippen molar-refractivity contribution in [2.75, 3.05) is 91.0 Å². The van der Waals surface area contributed by atoms with Crippen molar-refractivity contribution in [2.24, 2.45) is 23.5 Å². The van der Waals surface area contributed by atoms with Crippen molar-refractivity contribution in [1.82, 2.24) is 47.4 Å². The van der Waals surface area contributed by atoms with Crippen molar-refractivity contribution in [2.45, 2.75) is 283 Å². The van der Waals surface area contributed by atoms with Gasteiger partial charge in [-0.2, -0.15) is 0 Å². The highest BCUT2D eigenvalue weighted by Gasteiger charge is 2.69. The number of Topliss-reactive ketones (excluding diaryl/α,β-unsaturated/α-hetero) is 1. The summed E-state index contributed by atoms with van der Waals surface area (Å²) < 4.78 is 116. The molecule has 1 aromatic rings. The third-order valence-corrected chi connectivity index (χ3v) is 27.3. The molecule has 12 aliphatic heterocycles. The second-order valence-electron chi connectivity index (χ2n) is 35.7. The third-order valence-electron chi connectivity index (χ3n) is 25.5. The number of nitrogens with two attached hydrogens (primary N) is 1. The number of carbonyl (C=O) groups excluding carboxylic acids is 13. The molecule has 11 saturated heterocycles. The second kappa shape index (κ2) is 47.4. The molecule has 133 heavy (non-hydrogen) atoms. The lowest BCUT2D eigenvalue weighted by Crippen LogP contribution is -2.61. The largest absolute Gasteiger partial charge is 0.472 e. The van der Waals surface area contributed by atoms with E-state index in [4.69, 9.17) is 86.1 Å². The van der Waals surface area contributed by atoms with Crippen LogP contribution in [0, 0.1) is 17.8 Å². The molecule has 45 nitrogen and oxygen atoms in total. The first-order valence-electron chi connectivity index (χ1n) is 45.4. The first-order valence-corrected chi connectivity index (χ1v) is 48.6. The van der Waals surface area contributed by atoms with Crippen molar-refractivity contribution in [1.29, 1.82) is 0 Å². The van der Waals surface area contributed by atoms with Crippen LogP contribution in [0.25, 0.3) is 0 Å². The Morgan fingerprint density at radius 1 is 0.647 bits per heavy atom. The SMILES string of the molecule is C=C1C[C@@H]2CC[C@@]34C[C@H]5O[C@H]6[C@@H](O3)[C@H]3O[C@H](CC[C@@H]3O[C@H]6[C@H]5O4)CC(=O)C[C@@H]3[C@@H](OC)[C@@H](C[C@H](O)CNC(=O)OCc4ccc(NC(=O)[C@H](CCCNC(N)=O)NC(=O)[C@@H](NC(=O)[C@H](CC(=O)N[C@H]5CCOC5=O)NC(=O)CCOCCOCCOP(=O)(O)OCCNC(=O)[C@H](CNC(=O)CCP(=O)(O)O)N5C(=O)C=CC5=O)C(C)C)cc4)O[C@H]3C[C@H]3O[C@@H](CC[C@@H]1O2)C[C@@H](C)C3=C. The predicted molar refractivity (Wildman–Crippen MR) is 460 cm³/mol. The van der Waals surface area contributed by atoms with Crippen molar-refractivity contribution in [3.8, 4) is 0 Å². The van der Waals surface area contributed by atoms with E-state index >= 15 is 0 Å². The van der Waals surface area contributed by atoms with Gasteiger partial charge >= 0.3 is 33.5 Å². The fraction of sp³-hybridized carbons (Fsp3) is 0.709. The number of anilines is 1. The summed E-state index contributed by atoms with van der Waals surface area (Å²) in [6, 6.07) is -1.78. The highest BCUT2D eigenvalue weighted by atomic mass is 31.2. The molecule has 12 aliphatic rings. The predicted octanol–water partition coefficient (Wildman–Crippen LogP) is 0.376. The Hall–Kier alpha value is -8.67. The summed E-state index contributed by atoms with van der Waals surface area (Å²) in [7, 11) is -7.76. The number of phosphoric ester groups is 1. The number of urea groups is 1. The Bertz CT molecular complexity index is 4470. The summed E-state index contributed by atoms with van der Waals surface area (Å²) in [5, 5.41) is 34.2. The van der Waals surface area contributed by atoms with E-state index in [2.05, 4.69) is 67.9 Å². The van der Waals surface area contributed by atoms with Crippen LogP contribution in [-0.4, -0.2) is 321 Å². The highest BCUT2D eigenvalue weighted by Crippen LogP contribution is 2.55. The normalized spacial score (nSPS) is 30.5. The molecule has 1 spiro atoms. The standard InChI is InChI=1S/C86H125N11O34P2/c1-45(2)72(96-80(106)59(39-69(102)93-58-20-27-120-83(58)109)94-68(101)21-26-118-29-30-119-31-32-123-133(115,116)122-28-25-88-81(107)60(97-70(103)17-18-71(97)104)43-90-67(100)22-33-132(112,113)114)82(108)95-57(8-7-24-89-84(87)110)79(105)92-50-11-9-49(10-12-50)44-121-85(111)91-42-52(99)38-65-73(117-6)56-37-51(98)36-54-14-16-62-74(126-54)78-77-76(128-62)75-66(129-77)41-86(130-75,131-78)23-19-55-35-47(4)61(124-55)15-13-53-34-46(3)48(5)63(125-53)40-64(56)127-65/h9-12,17-18,45-46,52-66,72-78,99H,4-5,7-8,13-16,19-44H2,1-3,6H3,(H,88,107)(H,90,100)(H,91,111)(H,92,105)(H,93,102)(H,94,101)(H,95,108)(H,96,106)(H,115,116)(H3,87,89,110)(H2,112,113,114)/t46-,52+,53+,54-,55+,56+,57+,58+,59+,60+,61+,62+,63-,64+,65-,66-,72+,73-,74+,75+,76+,77-,78+,86+/m1/s1. The molecule has 11 fully saturated rings. The average Bonchev–Trinajstić information content (AvgIpc) is 1.55. The number of carbonyl (C=O) groups is 13. The Labute approximate surface area is 768 Å². The number of phosphoric acid groups is 1. The van der Waals surface area contributed by atoms with Crippen LogP contribution in [-0.2, 0) is 139 Å². The fourth-order valence-electron chi connectivity index (χ4n) is 18.7. The number of amides is 12. The Morgan fingerprint density at radius 3 is 2.07 bits per heavy atom. The van der Waals surface area contributed by atoms with Crippen molar-refractivity contribution in [3.05, 3.63) is 66.3 Å². The zero-order valence-electron chi connectivity index (χ0n) is 74.8. The Kier molecular flexibility index (Phi) is 36.8. The number of aliphatic hydroxyl groups excluding tert-OH is 1. The molecule has 12 heterocycles. The van der Waals surface area contributed by atoms with Gasteiger partial charge in [0.2, 0.25) is 41.4 Å². The van der Waals surface area contributed by atoms with Gasteiger partial charge in [-0.3, -0.25) is 66.5 Å². The van der Waals surface area contributed by atoms with Crippen molar-refractivity contribution in [3.63, 3.8) is 0 Å². The molecule has 47 heteroatoms. The number of ketones is 1. The molecule has 0 radical (unpaired) electrons. The van der Waals surface area contributed by atoms with E-state index < -0.39 is 235 Å². The van der Waals surface area contributed by atoms with Gasteiger partial charge in [-0.25, -0.2) is 18.9 Å². The first kappa shape index (κ1) is 103. The molecule has 1 unspecified atom stereocenters. The Balaban J connectivity index is 0.587. The monoisotopic (exact) mass is 1920 g/mol. The molecular formula is C86H125N11O34P2. The zero-order chi connectivity index (χ0) is 95.6. The summed E-state index contributed by atoms with van der Waals surface area (Å²) in [5.41, 5.74) is 8.00. The summed E-state index contributed by atoms with van der Waals surface area (Å²) in [6.45, 7) is 10.7. The van der Waals surface area contributed by atoms with Gasteiger partial charge in [0.15, 0.2) is 5.79 Å². The fourth-order valence-corrected chi connectivity index (χ4v) is 19.9. The molecule has 1 aromatic carbocycles. The number of esters is 1. The number of imide groups is 1. The smallest absolute Gasteiger partial charge is 0.464 e. The van der Waals surface area contributed by atoms with Crippen LogP contribution in [0.5, 0.6) is 0 Å². The zero-order valence-corrected chi connectivity index (χ0v) is 76.6. The molecule has 12 amide bonds. The minimum absolute atomic E-state index is 0.00789. The van der Waals surface area contributed by atoms with Crippen LogP contribution in [0.15, 0.2) is 60.7 Å². The van der Waals surface area contributed by atoms with Crippen LogP contribution < -0.4 is 53.6 Å². The number of aliphatic hydroxyl groups is 1. The van der Waals surface area contributed by atoms with Crippen molar-refractivity contribution >= 4 is 98.1 Å². The Morgan fingerprint density at radius 2 is 1.35 bits per heavy atom. The molecule has 0 saturated carbocycles. The lowest BCUT2D eigenvalue weighted by atomic mass is 9.81. The van der Waals surface area contributed by atoms with E-state index in [0.717, 1.165) is 49.0 Å². The molecule has 12 bridgehead atoms. The van der Waals surface area contributed by atoms with Gasteiger partial charge < -0.3 is 135 Å². The van der Waals surface area contributed by atoms with Gasteiger partial charge in [0.05, 0.1) is 126 Å². The number of hydrogen-bond acceptors (Lipinski definition) is 31.